The predicted octanol–water partition coefficient (Wildman–Crippen LogP) is 1.43. The molecule has 0 aliphatic carbocycles. The summed E-state index contributed by atoms with van der Waals surface area (Å²) in [5, 5.41) is 0. The third-order valence-corrected chi connectivity index (χ3v) is 5.56. The maximum atomic E-state index is 12.8. The van der Waals surface area contributed by atoms with Crippen LogP contribution in [0.5, 0.6) is 0 Å². The molecular weight excluding hydrogens is 330 g/mol. The van der Waals surface area contributed by atoms with E-state index in [0.717, 1.165) is 24.7 Å². The van der Waals surface area contributed by atoms with Crippen LogP contribution in [0.2, 0.25) is 0 Å². The molecule has 7 nitrogen and oxygen atoms in total. The van der Waals surface area contributed by atoms with Gasteiger partial charge in [-0.25, -0.2) is 14.3 Å². The van der Waals surface area contributed by atoms with Crippen molar-refractivity contribution in [2.45, 2.75) is 26.8 Å². The van der Waals surface area contributed by atoms with Crippen LogP contribution in [0.4, 0.5) is 10.5 Å². The van der Waals surface area contributed by atoms with E-state index in [1.54, 1.807) is 7.05 Å². The van der Waals surface area contributed by atoms with Crippen molar-refractivity contribution >= 4 is 29.4 Å². The van der Waals surface area contributed by atoms with Crippen molar-refractivity contribution in [3.63, 3.8) is 0 Å². The first-order valence-corrected chi connectivity index (χ1v) is 8.92. The van der Waals surface area contributed by atoms with Crippen LogP contribution >= 0.6 is 0 Å². The normalized spacial score (nSPS) is 25.6. The highest BCUT2D eigenvalue weighted by molar-refractivity contribution is 6.23. The Balaban J connectivity index is 1.82. The number of carbonyl (C=O) groups excluding carboxylic acids is 2. The van der Waals surface area contributed by atoms with Gasteiger partial charge in [0.2, 0.25) is 11.9 Å². The van der Waals surface area contributed by atoms with Crippen molar-refractivity contribution < 1.29 is 14.2 Å². The Morgan fingerprint density at radius 1 is 1.12 bits per heavy atom. The first-order chi connectivity index (χ1) is 12.3. The lowest BCUT2D eigenvalue weighted by molar-refractivity contribution is -0.545. The standard InChI is InChI=1S/C19H24N5O2/c1-11-9-23(14-7-6-12(2)13(3)8-14)18-20-16-15(24(18)10-11)17(25)22(5)19(26)21(16)4/h6-8,11,15H,9-10H2,1-5H3/q+1. The van der Waals surface area contributed by atoms with Gasteiger partial charge >= 0.3 is 12.0 Å². The zero-order valence-corrected chi connectivity index (χ0v) is 15.9. The number of anilines is 1. The van der Waals surface area contributed by atoms with Crippen molar-refractivity contribution in [2.24, 2.45) is 10.9 Å². The average molecular weight is 354 g/mol. The third-order valence-electron chi connectivity index (χ3n) is 5.56. The first kappa shape index (κ1) is 16.8. The quantitative estimate of drug-likeness (QED) is 0.717. The summed E-state index contributed by atoms with van der Waals surface area (Å²) in [6.45, 7) is 7.95. The molecule has 0 saturated carbocycles. The number of nitrogens with zero attached hydrogens (tertiary/aromatic N) is 5. The van der Waals surface area contributed by atoms with Gasteiger partial charge < -0.3 is 0 Å². The minimum absolute atomic E-state index is 0.212. The van der Waals surface area contributed by atoms with Crippen LogP contribution in [0.3, 0.4) is 0 Å². The largest absolute Gasteiger partial charge is 0.397 e. The number of likely N-dealkylation sites (N-methyl/N-ethyl adjacent to an activating group) is 2. The Hall–Kier alpha value is -2.70. The van der Waals surface area contributed by atoms with Gasteiger partial charge in [-0.15, -0.1) is 0 Å². The zero-order valence-electron chi connectivity index (χ0n) is 15.9. The molecule has 0 spiro atoms. The molecule has 3 aliphatic heterocycles. The summed E-state index contributed by atoms with van der Waals surface area (Å²) in [5.74, 6) is 1.44. The molecule has 1 aromatic rings. The zero-order chi connectivity index (χ0) is 18.7. The highest BCUT2D eigenvalue weighted by atomic mass is 16.2. The van der Waals surface area contributed by atoms with Crippen LogP contribution in [0.1, 0.15) is 18.1 Å². The molecular formula is C19H24N5O2+. The molecule has 7 heteroatoms. The van der Waals surface area contributed by atoms with Crippen molar-refractivity contribution in [2.75, 3.05) is 32.1 Å². The topological polar surface area (TPSA) is 59.2 Å². The Labute approximate surface area is 153 Å². The number of amides is 3. The lowest BCUT2D eigenvalue weighted by Crippen LogP contribution is -2.62. The summed E-state index contributed by atoms with van der Waals surface area (Å²) in [4.78, 5) is 34.7. The van der Waals surface area contributed by atoms with Crippen molar-refractivity contribution in [3.05, 3.63) is 29.3 Å². The van der Waals surface area contributed by atoms with Gasteiger partial charge in [-0.2, -0.15) is 0 Å². The Morgan fingerprint density at radius 3 is 2.54 bits per heavy atom. The summed E-state index contributed by atoms with van der Waals surface area (Å²) < 4.78 is 2.04. The molecule has 0 bridgehead atoms. The number of hydrogen-bond donors (Lipinski definition) is 0. The van der Waals surface area contributed by atoms with E-state index in [1.807, 2.05) is 4.58 Å². The number of urea groups is 1. The molecule has 2 unspecified atom stereocenters. The van der Waals surface area contributed by atoms with Gasteiger partial charge in [0.15, 0.2) is 0 Å². The van der Waals surface area contributed by atoms with E-state index >= 15 is 0 Å². The van der Waals surface area contributed by atoms with Crippen LogP contribution in [-0.2, 0) is 4.79 Å². The highest BCUT2D eigenvalue weighted by Gasteiger charge is 2.54. The average Bonchev–Trinajstić information content (AvgIpc) is 2.99. The van der Waals surface area contributed by atoms with Gasteiger partial charge in [0.1, 0.15) is 5.69 Å². The Bertz CT molecular complexity index is 888. The second kappa shape index (κ2) is 5.65. The summed E-state index contributed by atoms with van der Waals surface area (Å²) >= 11 is 0. The van der Waals surface area contributed by atoms with E-state index in [2.05, 4.69) is 43.9 Å². The number of aliphatic imine (C=N–C) groups is 1. The van der Waals surface area contributed by atoms with Crippen molar-refractivity contribution in [3.8, 4) is 0 Å². The minimum Gasteiger partial charge on any atom is -0.270 e. The van der Waals surface area contributed by atoms with Crippen LogP contribution in [0.25, 0.3) is 0 Å². The SMILES string of the molecule is Cc1ccc(N2CC(C)C[N+]3=C2N=C2C3C(=O)N(C)C(=O)N2C)cc1C. The number of amidine groups is 1. The molecule has 1 aromatic carbocycles. The summed E-state index contributed by atoms with van der Waals surface area (Å²) in [5.41, 5.74) is 3.53. The molecule has 1 saturated heterocycles. The van der Waals surface area contributed by atoms with E-state index in [4.69, 9.17) is 4.99 Å². The fraction of sp³-hybridized carbons (Fsp3) is 0.474. The third kappa shape index (κ3) is 2.26. The fourth-order valence-corrected chi connectivity index (χ4v) is 3.89. The summed E-state index contributed by atoms with van der Waals surface area (Å²) in [7, 11) is 3.21. The lowest BCUT2D eigenvalue weighted by Gasteiger charge is -2.33. The molecule has 3 aliphatic rings. The van der Waals surface area contributed by atoms with Crippen LogP contribution in [0, 0.1) is 19.8 Å². The molecule has 1 fully saturated rings. The highest BCUT2D eigenvalue weighted by Crippen LogP contribution is 2.28. The Kier molecular flexibility index (Phi) is 3.64. The van der Waals surface area contributed by atoms with E-state index in [9.17, 15) is 9.59 Å². The Morgan fingerprint density at radius 2 is 1.85 bits per heavy atom. The molecule has 0 radical (unpaired) electrons. The van der Waals surface area contributed by atoms with Gasteiger partial charge in [0.25, 0.3) is 5.91 Å². The number of aryl methyl sites for hydroxylation is 2. The van der Waals surface area contributed by atoms with E-state index in [1.165, 1.54) is 28.0 Å². The fourth-order valence-electron chi connectivity index (χ4n) is 3.89. The van der Waals surface area contributed by atoms with Crippen molar-refractivity contribution in [1.82, 2.24) is 9.80 Å². The van der Waals surface area contributed by atoms with Gasteiger partial charge in [0, 0.05) is 20.0 Å². The smallest absolute Gasteiger partial charge is 0.270 e. The molecule has 4 rings (SSSR count). The number of imide groups is 1. The molecule has 0 N–H and O–H groups in total. The molecule has 3 amide bonds. The first-order valence-electron chi connectivity index (χ1n) is 8.92. The van der Waals surface area contributed by atoms with Crippen LogP contribution in [-0.4, -0.2) is 71.3 Å². The molecule has 136 valence electrons. The monoisotopic (exact) mass is 354 g/mol. The van der Waals surface area contributed by atoms with E-state index in [0.29, 0.717) is 11.8 Å². The number of fused-ring (bicyclic) bond motifs is 2. The van der Waals surface area contributed by atoms with Gasteiger partial charge in [0.05, 0.1) is 13.1 Å². The van der Waals surface area contributed by atoms with E-state index in [-0.39, 0.29) is 11.9 Å². The second-order valence-electron chi connectivity index (χ2n) is 7.55. The molecule has 2 atom stereocenters. The van der Waals surface area contributed by atoms with Gasteiger partial charge in [-0.3, -0.25) is 14.6 Å². The van der Waals surface area contributed by atoms with E-state index < -0.39 is 6.04 Å². The van der Waals surface area contributed by atoms with Crippen LogP contribution < -0.4 is 4.90 Å². The summed E-state index contributed by atoms with van der Waals surface area (Å²) in [6.07, 6.45) is 0. The summed E-state index contributed by atoms with van der Waals surface area (Å²) in [6, 6.07) is 5.50. The predicted molar refractivity (Wildman–Crippen MR) is 99.7 cm³/mol. The minimum atomic E-state index is -0.519. The number of guanidine groups is 1. The number of hydrogen-bond acceptors (Lipinski definition) is 4. The molecule has 3 heterocycles. The number of benzene rings is 1. The molecule has 0 aromatic heterocycles. The number of rotatable bonds is 1. The maximum Gasteiger partial charge on any atom is 0.397 e. The lowest BCUT2D eigenvalue weighted by atomic mass is 10.1. The maximum absolute atomic E-state index is 12.8. The number of carbonyl (C=O) groups is 2. The second-order valence-corrected chi connectivity index (χ2v) is 7.55. The van der Waals surface area contributed by atoms with Gasteiger partial charge in [-0.1, -0.05) is 18.0 Å². The van der Waals surface area contributed by atoms with Gasteiger partial charge in [-0.05, 0) is 37.1 Å². The van der Waals surface area contributed by atoms with Crippen LogP contribution in [0.15, 0.2) is 23.2 Å². The molecule has 26 heavy (non-hydrogen) atoms. The van der Waals surface area contributed by atoms with Crippen molar-refractivity contribution in [1.29, 1.82) is 0 Å².